The van der Waals surface area contributed by atoms with Crippen molar-refractivity contribution in [1.29, 1.82) is 0 Å². The molecular formula is C9H12N2O2. The third-order valence-corrected chi connectivity index (χ3v) is 2.44. The molecule has 4 heteroatoms. The molecule has 0 bridgehead atoms. The summed E-state index contributed by atoms with van der Waals surface area (Å²) in [4.78, 5) is 13.9. The van der Waals surface area contributed by atoms with Crippen molar-refractivity contribution in [2.24, 2.45) is 0 Å². The Morgan fingerprint density at radius 3 is 3.23 bits per heavy atom. The van der Waals surface area contributed by atoms with Crippen molar-refractivity contribution < 1.29 is 9.90 Å². The maximum absolute atomic E-state index is 10.9. The van der Waals surface area contributed by atoms with E-state index in [1.54, 1.807) is 0 Å². The van der Waals surface area contributed by atoms with Crippen LogP contribution in [0, 0.1) is 0 Å². The van der Waals surface area contributed by atoms with Crippen LogP contribution in [0.2, 0.25) is 0 Å². The van der Waals surface area contributed by atoms with Gasteiger partial charge in [-0.05, 0) is 24.6 Å². The van der Waals surface area contributed by atoms with Crippen molar-refractivity contribution in [3.05, 3.63) is 23.5 Å². The first kappa shape index (κ1) is 8.31. The number of carboxylic acids is 1. The van der Waals surface area contributed by atoms with Crippen molar-refractivity contribution in [2.75, 3.05) is 13.1 Å². The topological polar surface area (TPSA) is 65.1 Å². The van der Waals surface area contributed by atoms with E-state index >= 15 is 0 Å². The van der Waals surface area contributed by atoms with Gasteiger partial charge in [0.2, 0.25) is 0 Å². The van der Waals surface area contributed by atoms with Gasteiger partial charge in [0.25, 0.3) is 0 Å². The number of hydrogen-bond donors (Lipinski definition) is 3. The number of rotatable bonds is 1. The summed E-state index contributed by atoms with van der Waals surface area (Å²) >= 11 is 0. The Morgan fingerprint density at radius 1 is 1.62 bits per heavy atom. The SMILES string of the molecule is O=C(O)C1CNCCc2cc[nH]c21. The molecule has 0 aromatic carbocycles. The van der Waals surface area contributed by atoms with Crippen molar-refractivity contribution in [2.45, 2.75) is 12.3 Å². The number of carboxylic acid groups (broad SMARTS) is 1. The van der Waals surface area contributed by atoms with Crippen molar-refractivity contribution in [1.82, 2.24) is 10.3 Å². The van der Waals surface area contributed by atoms with Crippen LogP contribution in [0.1, 0.15) is 17.2 Å². The van der Waals surface area contributed by atoms with Gasteiger partial charge < -0.3 is 15.4 Å². The molecular weight excluding hydrogens is 168 g/mol. The highest BCUT2D eigenvalue weighted by Gasteiger charge is 2.25. The second-order valence-electron chi connectivity index (χ2n) is 3.26. The second-order valence-corrected chi connectivity index (χ2v) is 3.26. The zero-order valence-electron chi connectivity index (χ0n) is 7.21. The third-order valence-electron chi connectivity index (χ3n) is 2.44. The highest BCUT2D eigenvalue weighted by Crippen LogP contribution is 2.20. The molecule has 0 aliphatic carbocycles. The van der Waals surface area contributed by atoms with Gasteiger partial charge in [-0.15, -0.1) is 0 Å². The van der Waals surface area contributed by atoms with Gasteiger partial charge in [-0.2, -0.15) is 0 Å². The summed E-state index contributed by atoms with van der Waals surface area (Å²) in [5.74, 6) is -1.19. The normalized spacial score (nSPS) is 22.0. The third kappa shape index (κ3) is 1.45. The molecule has 2 rings (SSSR count). The first-order valence-electron chi connectivity index (χ1n) is 4.38. The predicted octanol–water partition coefficient (Wildman–Crippen LogP) is 0.329. The smallest absolute Gasteiger partial charge is 0.313 e. The molecule has 4 nitrogen and oxygen atoms in total. The number of hydrogen-bond acceptors (Lipinski definition) is 2. The van der Waals surface area contributed by atoms with Gasteiger partial charge in [0.05, 0.1) is 0 Å². The van der Waals surface area contributed by atoms with Crippen LogP contribution in [-0.2, 0) is 11.2 Å². The second kappa shape index (κ2) is 3.22. The maximum atomic E-state index is 10.9. The number of fused-ring (bicyclic) bond motifs is 1. The molecule has 0 amide bonds. The highest BCUT2D eigenvalue weighted by atomic mass is 16.4. The van der Waals surface area contributed by atoms with Crippen LogP contribution in [0.4, 0.5) is 0 Å². The van der Waals surface area contributed by atoms with Crippen LogP contribution in [0.3, 0.4) is 0 Å². The molecule has 0 saturated heterocycles. The van der Waals surface area contributed by atoms with Crippen molar-refractivity contribution in [3.8, 4) is 0 Å². The summed E-state index contributed by atoms with van der Waals surface area (Å²) in [6, 6.07) is 1.96. The molecule has 1 unspecified atom stereocenters. The lowest BCUT2D eigenvalue weighted by Crippen LogP contribution is -2.25. The number of aromatic nitrogens is 1. The van der Waals surface area contributed by atoms with E-state index in [0.717, 1.165) is 24.2 Å². The fraction of sp³-hybridized carbons (Fsp3) is 0.444. The average molecular weight is 180 g/mol. The van der Waals surface area contributed by atoms with Gasteiger partial charge in [0, 0.05) is 18.4 Å². The lowest BCUT2D eigenvalue weighted by Gasteiger charge is -2.08. The Balaban J connectivity index is 2.36. The highest BCUT2D eigenvalue weighted by molar-refractivity contribution is 5.76. The standard InChI is InChI=1S/C9H12N2O2/c12-9(13)7-5-10-3-1-6-2-4-11-8(6)7/h2,4,7,10-11H,1,3,5H2,(H,12,13). The summed E-state index contributed by atoms with van der Waals surface area (Å²) in [7, 11) is 0. The summed E-state index contributed by atoms with van der Waals surface area (Å²) < 4.78 is 0. The van der Waals surface area contributed by atoms with Crippen LogP contribution < -0.4 is 5.32 Å². The minimum atomic E-state index is -0.766. The van der Waals surface area contributed by atoms with Crippen molar-refractivity contribution >= 4 is 5.97 Å². The minimum Gasteiger partial charge on any atom is -0.481 e. The molecule has 2 heterocycles. The zero-order chi connectivity index (χ0) is 9.26. The number of nitrogens with one attached hydrogen (secondary N) is 2. The average Bonchev–Trinajstić information content (AvgIpc) is 2.44. The quantitative estimate of drug-likeness (QED) is 0.583. The van der Waals surface area contributed by atoms with Crippen LogP contribution in [-0.4, -0.2) is 29.1 Å². The number of aliphatic carboxylic acids is 1. The lowest BCUT2D eigenvalue weighted by atomic mass is 10.0. The van der Waals surface area contributed by atoms with Crippen molar-refractivity contribution in [3.63, 3.8) is 0 Å². The molecule has 1 atom stereocenters. The van der Waals surface area contributed by atoms with Gasteiger partial charge in [0.15, 0.2) is 0 Å². The van der Waals surface area contributed by atoms with E-state index in [4.69, 9.17) is 5.11 Å². The molecule has 70 valence electrons. The molecule has 3 N–H and O–H groups in total. The first-order chi connectivity index (χ1) is 6.29. The molecule has 0 saturated carbocycles. The Hall–Kier alpha value is -1.29. The summed E-state index contributed by atoms with van der Waals surface area (Å²) in [6.45, 7) is 1.37. The van der Waals surface area contributed by atoms with Gasteiger partial charge in [-0.1, -0.05) is 0 Å². The van der Waals surface area contributed by atoms with E-state index in [1.807, 2.05) is 12.3 Å². The lowest BCUT2D eigenvalue weighted by molar-refractivity contribution is -0.138. The van der Waals surface area contributed by atoms with E-state index < -0.39 is 11.9 Å². The van der Waals surface area contributed by atoms with Gasteiger partial charge in [-0.3, -0.25) is 4.79 Å². The Morgan fingerprint density at radius 2 is 2.46 bits per heavy atom. The van der Waals surface area contributed by atoms with Crippen LogP contribution in [0.5, 0.6) is 0 Å². The summed E-state index contributed by atoms with van der Waals surface area (Å²) in [5.41, 5.74) is 1.98. The molecule has 0 radical (unpaired) electrons. The summed E-state index contributed by atoms with van der Waals surface area (Å²) in [5, 5.41) is 12.1. The Labute approximate surface area is 76.0 Å². The maximum Gasteiger partial charge on any atom is 0.313 e. The van der Waals surface area contributed by atoms with Gasteiger partial charge in [0.1, 0.15) is 5.92 Å². The fourth-order valence-corrected chi connectivity index (χ4v) is 1.74. The largest absolute Gasteiger partial charge is 0.481 e. The zero-order valence-corrected chi connectivity index (χ0v) is 7.21. The predicted molar refractivity (Wildman–Crippen MR) is 47.7 cm³/mol. The van der Waals surface area contributed by atoms with Crippen LogP contribution in [0.25, 0.3) is 0 Å². The molecule has 1 aromatic heterocycles. The fourth-order valence-electron chi connectivity index (χ4n) is 1.74. The van der Waals surface area contributed by atoms with Crippen LogP contribution in [0.15, 0.2) is 12.3 Å². The number of aromatic amines is 1. The monoisotopic (exact) mass is 180 g/mol. The molecule has 1 aliphatic heterocycles. The molecule has 0 fully saturated rings. The molecule has 0 spiro atoms. The van der Waals surface area contributed by atoms with Crippen LogP contribution >= 0.6 is 0 Å². The molecule has 1 aromatic rings. The minimum absolute atomic E-state index is 0.424. The molecule has 1 aliphatic rings. The molecule has 13 heavy (non-hydrogen) atoms. The Kier molecular flexibility index (Phi) is 2.06. The van der Waals surface area contributed by atoms with E-state index in [1.165, 1.54) is 0 Å². The van der Waals surface area contributed by atoms with Gasteiger partial charge >= 0.3 is 5.97 Å². The Bertz CT molecular complexity index is 319. The van der Waals surface area contributed by atoms with E-state index in [0.29, 0.717) is 6.54 Å². The first-order valence-corrected chi connectivity index (χ1v) is 4.38. The van der Waals surface area contributed by atoms with E-state index in [-0.39, 0.29) is 0 Å². The van der Waals surface area contributed by atoms with E-state index in [9.17, 15) is 4.79 Å². The van der Waals surface area contributed by atoms with Gasteiger partial charge in [-0.25, -0.2) is 0 Å². The number of H-pyrrole nitrogens is 1. The summed E-state index contributed by atoms with van der Waals surface area (Å²) in [6.07, 6.45) is 2.72. The number of carbonyl (C=O) groups is 1. The van der Waals surface area contributed by atoms with E-state index in [2.05, 4.69) is 10.3 Å².